The van der Waals surface area contributed by atoms with E-state index < -0.39 is 59.8 Å². The van der Waals surface area contributed by atoms with Gasteiger partial charge in [-0.2, -0.15) is 0 Å². The van der Waals surface area contributed by atoms with Gasteiger partial charge < -0.3 is 24.4 Å². The van der Waals surface area contributed by atoms with Gasteiger partial charge in [0.15, 0.2) is 12.2 Å². The second-order valence-electron chi connectivity index (χ2n) is 7.88. The van der Waals surface area contributed by atoms with E-state index in [1.54, 1.807) is 13.8 Å². The lowest BCUT2D eigenvalue weighted by molar-refractivity contribution is -0.197. The minimum absolute atomic E-state index is 0.0635. The Balaban J connectivity index is 2.21. The van der Waals surface area contributed by atoms with E-state index in [1.165, 1.54) is 13.8 Å². The minimum atomic E-state index is -1.67. The summed E-state index contributed by atoms with van der Waals surface area (Å²) in [6, 6.07) is 0. The van der Waals surface area contributed by atoms with Crippen LogP contribution in [0.5, 0.6) is 0 Å². The number of aliphatic hydroxyl groups is 2. The first-order valence-corrected chi connectivity index (χ1v) is 9.38. The van der Waals surface area contributed by atoms with Crippen molar-refractivity contribution < 1.29 is 38.8 Å². The van der Waals surface area contributed by atoms with Gasteiger partial charge in [0, 0.05) is 24.8 Å². The van der Waals surface area contributed by atoms with Crippen LogP contribution in [-0.2, 0) is 28.6 Å². The molecule has 0 bridgehead atoms. The molecule has 8 heteroatoms. The Morgan fingerprint density at radius 3 is 2.57 bits per heavy atom. The van der Waals surface area contributed by atoms with Crippen molar-refractivity contribution in [1.29, 1.82) is 0 Å². The number of carbonyl (C=O) groups excluding carboxylic acids is 3. The molecule has 2 N–H and O–H groups in total. The number of ether oxygens (including phenoxy) is 3. The van der Waals surface area contributed by atoms with E-state index in [0.717, 1.165) is 0 Å². The molecule has 154 valence electrons. The first-order valence-electron chi connectivity index (χ1n) is 9.38. The standard InChI is InChI=1S/C20H26O8/c1-6-13(23)27-17-15-9(3)19(24)28-16(15)14-8(2)12(22)7-11(14)20(5,25)18(17)26-10(4)21/h11-12,15-18,22,25H,3,6-7H2,1-2,4-5H3. The van der Waals surface area contributed by atoms with Crippen LogP contribution in [0.25, 0.3) is 0 Å². The summed E-state index contributed by atoms with van der Waals surface area (Å²) < 4.78 is 16.5. The zero-order chi connectivity index (χ0) is 21.0. The average molecular weight is 394 g/mol. The van der Waals surface area contributed by atoms with Crippen molar-refractivity contribution in [3.63, 3.8) is 0 Å². The van der Waals surface area contributed by atoms with Crippen LogP contribution >= 0.6 is 0 Å². The highest BCUT2D eigenvalue weighted by molar-refractivity contribution is 5.91. The summed E-state index contributed by atoms with van der Waals surface area (Å²) in [5, 5.41) is 21.8. The van der Waals surface area contributed by atoms with E-state index >= 15 is 0 Å². The summed E-state index contributed by atoms with van der Waals surface area (Å²) in [5.74, 6) is -3.36. The minimum Gasteiger partial charge on any atom is -0.457 e. The Morgan fingerprint density at radius 2 is 2.00 bits per heavy atom. The third kappa shape index (κ3) is 3.04. The normalized spacial score (nSPS) is 39.8. The van der Waals surface area contributed by atoms with Gasteiger partial charge in [0.1, 0.15) is 11.7 Å². The van der Waals surface area contributed by atoms with Crippen molar-refractivity contribution in [3.8, 4) is 0 Å². The molecule has 1 saturated heterocycles. The molecule has 0 aromatic carbocycles. The topological polar surface area (TPSA) is 119 Å². The summed E-state index contributed by atoms with van der Waals surface area (Å²) in [6.07, 6.45) is -3.86. The lowest BCUT2D eigenvalue weighted by Crippen LogP contribution is -2.55. The third-order valence-corrected chi connectivity index (χ3v) is 6.10. The van der Waals surface area contributed by atoms with Crippen molar-refractivity contribution >= 4 is 17.9 Å². The molecule has 0 aromatic heterocycles. The number of esters is 3. The van der Waals surface area contributed by atoms with Crippen LogP contribution in [0.4, 0.5) is 0 Å². The van der Waals surface area contributed by atoms with Gasteiger partial charge in [-0.15, -0.1) is 0 Å². The van der Waals surface area contributed by atoms with E-state index in [0.29, 0.717) is 11.1 Å². The fraction of sp³-hybridized carbons (Fsp3) is 0.650. The summed E-state index contributed by atoms with van der Waals surface area (Å²) in [7, 11) is 0. The maximum absolute atomic E-state index is 12.3. The highest BCUT2D eigenvalue weighted by atomic mass is 16.6. The molecule has 8 nitrogen and oxygen atoms in total. The van der Waals surface area contributed by atoms with Crippen LogP contribution in [-0.4, -0.2) is 58.1 Å². The van der Waals surface area contributed by atoms with E-state index in [1.807, 2.05) is 0 Å². The maximum atomic E-state index is 12.3. The van der Waals surface area contributed by atoms with Gasteiger partial charge in [-0.3, -0.25) is 9.59 Å². The molecule has 0 spiro atoms. The van der Waals surface area contributed by atoms with Crippen molar-refractivity contribution in [2.45, 2.75) is 70.6 Å². The molecular formula is C20H26O8. The number of hydrogen-bond donors (Lipinski definition) is 2. The van der Waals surface area contributed by atoms with Crippen LogP contribution in [0.1, 0.15) is 40.5 Å². The van der Waals surface area contributed by atoms with Crippen LogP contribution in [0.15, 0.2) is 23.3 Å². The third-order valence-electron chi connectivity index (χ3n) is 6.10. The van der Waals surface area contributed by atoms with Crippen molar-refractivity contribution in [1.82, 2.24) is 0 Å². The molecule has 0 amide bonds. The molecular weight excluding hydrogens is 368 g/mol. The van der Waals surface area contributed by atoms with Crippen molar-refractivity contribution in [3.05, 3.63) is 23.3 Å². The van der Waals surface area contributed by atoms with Crippen LogP contribution in [0.3, 0.4) is 0 Å². The van der Waals surface area contributed by atoms with E-state index in [2.05, 4.69) is 6.58 Å². The molecule has 3 aliphatic rings. The molecule has 1 heterocycles. The number of fused-ring (bicyclic) bond motifs is 3. The molecule has 7 unspecified atom stereocenters. The van der Waals surface area contributed by atoms with Gasteiger partial charge in [-0.05, 0) is 31.4 Å². The Bertz CT molecular complexity index is 764. The Kier molecular flexibility index (Phi) is 5.14. The molecule has 0 aromatic rings. The molecule has 0 radical (unpaired) electrons. The highest BCUT2D eigenvalue weighted by Gasteiger charge is 2.63. The van der Waals surface area contributed by atoms with Crippen molar-refractivity contribution in [2.75, 3.05) is 0 Å². The largest absolute Gasteiger partial charge is 0.457 e. The van der Waals surface area contributed by atoms with Gasteiger partial charge in [0.05, 0.1) is 12.0 Å². The fourth-order valence-corrected chi connectivity index (χ4v) is 4.64. The van der Waals surface area contributed by atoms with Crippen LogP contribution in [0, 0.1) is 11.8 Å². The second kappa shape index (κ2) is 7.00. The zero-order valence-electron chi connectivity index (χ0n) is 16.4. The smallest absolute Gasteiger partial charge is 0.334 e. The molecule has 3 rings (SSSR count). The fourth-order valence-electron chi connectivity index (χ4n) is 4.64. The summed E-state index contributed by atoms with van der Waals surface area (Å²) >= 11 is 0. The predicted molar refractivity (Wildman–Crippen MR) is 95.7 cm³/mol. The quantitative estimate of drug-likeness (QED) is 0.312. The van der Waals surface area contributed by atoms with Gasteiger partial charge in [-0.1, -0.05) is 13.5 Å². The molecule has 2 aliphatic carbocycles. The second-order valence-corrected chi connectivity index (χ2v) is 7.88. The number of aliphatic hydroxyl groups excluding tert-OH is 1. The number of rotatable bonds is 3. The zero-order valence-corrected chi connectivity index (χ0v) is 16.4. The van der Waals surface area contributed by atoms with Gasteiger partial charge >= 0.3 is 17.9 Å². The first-order chi connectivity index (χ1) is 13.0. The molecule has 1 aliphatic heterocycles. The lowest BCUT2D eigenvalue weighted by atomic mass is 9.79. The SMILES string of the molecule is C=C1C(=O)OC2C3=C(C)C(O)CC3C(C)(O)C(OC(C)=O)C(OC(=O)CC)C12. The number of carbonyl (C=O) groups is 3. The van der Waals surface area contributed by atoms with E-state index in [4.69, 9.17) is 14.2 Å². The van der Waals surface area contributed by atoms with E-state index in [9.17, 15) is 24.6 Å². The molecule has 28 heavy (non-hydrogen) atoms. The Labute approximate surface area is 163 Å². The predicted octanol–water partition coefficient (Wildman–Crippen LogP) is 0.800. The van der Waals surface area contributed by atoms with Gasteiger partial charge in [-0.25, -0.2) is 4.79 Å². The molecule has 2 fully saturated rings. The monoisotopic (exact) mass is 394 g/mol. The van der Waals surface area contributed by atoms with Crippen molar-refractivity contribution in [2.24, 2.45) is 11.8 Å². The number of hydrogen-bond acceptors (Lipinski definition) is 8. The summed E-state index contributed by atoms with van der Waals surface area (Å²) in [4.78, 5) is 36.2. The summed E-state index contributed by atoms with van der Waals surface area (Å²) in [5.41, 5.74) is -0.433. The van der Waals surface area contributed by atoms with Gasteiger partial charge in [0.25, 0.3) is 0 Å². The molecule has 7 atom stereocenters. The lowest BCUT2D eigenvalue weighted by Gasteiger charge is -2.39. The average Bonchev–Trinajstić information content (AvgIpc) is 3.05. The highest BCUT2D eigenvalue weighted by Crippen LogP contribution is 2.53. The van der Waals surface area contributed by atoms with E-state index in [-0.39, 0.29) is 18.4 Å². The molecule has 1 saturated carbocycles. The van der Waals surface area contributed by atoms with Crippen LogP contribution < -0.4 is 0 Å². The summed E-state index contributed by atoms with van der Waals surface area (Å²) in [6.45, 7) is 9.78. The Hall–Kier alpha value is -2.19. The van der Waals surface area contributed by atoms with Gasteiger partial charge in [0.2, 0.25) is 0 Å². The first kappa shape index (κ1) is 20.5. The Morgan fingerprint density at radius 1 is 1.36 bits per heavy atom. The van der Waals surface area contributed by atoms with Crippen LogP contribution in [0.2, 0.25) is 0 Å². The maximum Gasteiger partial charge on any atom is 0.334 e.